The smallest absolute Gasteiger partial charge is 0.226 e. The molecule has 0 unspecified atom stereocenters. The molecule has 94 valence electrons. The summed E-state index contributed by atoms with van der Waals surface area (Å²) in [6, 6.07) is 5.92. The maximum Gasteiger partial charge on any atom is 0.226 e. The maximum atomic E-state index is 4.39. The molecule has 0 bridgehead atoms. The second-order valence-electron chi connectivity index (χ2n) is 4.30. The van der Waals surface area contributed by atoms with E-state index in [2.05, 4.69) is 26.3 Å². The summed E-state index contributed by atoms with van der Waals surface area (Å²) in [4.78, 5) is 14.7. The van der Waals surface area contributed by atoms with Gasteiger partial charge in [0.05, 0.1) is 0 Å². The van der Waals surface area contributed by atoms with Crippen LogP contribution in [0.25, 0.3) is 0 Å². The Kier molecular flexibility index (Phi) is 3.72. The Labute approximate surface area is 107 Å². The summed E-state index contributed by atoms with van der Waals surface area (Å²) < 4.78 is 0. The van der Waals surface area contributed by atoms with Crippen molar-refractivity contribution >= 4 is 11.8 Å². The maximum absolute atomic E-state index is 4.39. The van der Waals surface area contributed by atoms with Crippen LogP contribution in [0, 0.1) is 6.92 Å². The topological polar surface area (TPSA) is 53.9 Å². The fourth-order valence-corrected chi connectivity index (χ4v) is 1.46. The molecule has 0 atom stereocenters. The normalized spacial score (nSPS) is 10.2. The molecule has 0 aromatic carbocycles. The lowest BCUT2D eigenvalue weighted by Gasteiger charge is -2.11. The van der Waals surface area contributed by atoms with Gasteiger partial charge in [0.2, 0.25) is 5.95 Å². The molecule has 0 saturated carbocycles. The van der Waals surface area contributed by atoms with E-state index < -0.39 is 0 Å². The van der Waals surface area contributed by atoms with Crippen LogP contribution >= 0.6 is 0 Å². The summed E-state index contributed by atoms with van der Waals surface area (Å²) in [5, 5.41) is 3.26. The minimum absolute atomic E-state index is 0.696. The molecule has 5 heteroatoms. The molecule has 2 rings (SSSR count). The Morgan fingerprint density at radius 3 is 2.67 bits per heavy atom. The lowest BCUT2D eigenvalue weighted by atomic mass is 10.2. The molecule has 0 amide bonds. The van der Waals surface area contributed by atoms with Crippen molar-refractivity contribution in [3.8, 4) is 0 Å². The first kappa shape index (κ1) is 12.3. The molecule has 1 N–H and O–H groups in total. The van der Waals surface area contributed by atoms with Gasteiger partial charge in [-0.2, -0.15) is 4.98 Å². The third-order valence-corrected chi connectivity index (χ3v) is 2.49. The molecule has 0 aliphatic rings. The van der Waals surface area contributed by atoms with Gasteiger partial charge in [-0.15, -0.1) is 0 Å². The van der Waals surface area contributed by atoms with Crippen LogP contribution in [0.1, 0.15) is 11.3 Å². The molecule has 0 radical (unpaired) electrons. The average Bonchev–Trinajstić information content (AvgIpc) is 2.38. The summed E-state index contributed by atoms with van der Waals surface area (Å²) in [7, 11) is 3.84. The number of aryl methyl sites for hydroxylation is 1. The fourth-order valence-electron chi connectivity index (χ4n) is 1.46. The zero-order valence-corrected chi connectivity index (χ0v) is 10.9. The van der Waals surface area contributed by atoms with Crippen molar-refractivity contribution < 1.29 is 0 Å². The van der Waals surface area contributed by atoms with Crippen LogP contribution in [0.3, 0.4) is 0 Å². The second kappa shape index (κ2) is 5.44. The number of nitrogens with zero attached hydrogens (tertiary/aromatic N) is 4. The average molecular weight is 243 g/mol. The van der Waals surface area contributed by atoms with Crippen molar-refractivity contribution in [3.63, 3.8) is 0 Å². The highest BCUT2D eigenvalue weighted by Crippen LogP contribution is 2.09. The summed E-state index contributed by atoms with van der Waals surface area (Å²) >= 11 is 0. The summed E-state index contributed by atoms with van der Waals surface area (Å²) in [5.74, 6) is 1.51. The minimum Gasteiger partial charge on any atom is -0.366 e. The number of pyridine rings is 1. The van der Waals surface area contributed by atoms with E-state index in [-0.39, 0.29) is 0 Å². The number of hydrogen-bond acceptors (Lipinski definition) is 5. The fraction of sp³-hybridized carbons (Fsp3) is 0.308. The van der Waals surface area contributed by atoms with Gasteiger partial charge in [0.1, 0.15) is 5.82 Å². The molecule has 0 spiro atoms. The van der Waals surface area contributed by atoms with Crippen molar-refractivity contribution in [2.24, 2.45) is 0 Å². The van der Waals surface area contributed by atoms with Crippen molar-refractivity contribution in [1.29, 1.82) is 0 Å². The summed E-state index contributed by atoms with van der Waals surface area (Å²) in [5.41, 5.74) is 2.15. The summed E-state index contributed by atoms with van der Waals surface area (Å²) in [6.45, 7) is 2.68. The van der Waals surface area contributed by atoms with E-state index in [9.17, 15) is 0 Å². The number of rotatable bonds is 4. The highest BCUT2D eigenvalue weighted by atomic mass is 15.2. The van der Waals surface area contributed by atoms with Gasteiger partial charge in [0, 0.05) is 38.7 Å². The molecule has 2 aromatic heterocycles. The lowest BCUT2D eigenvalue weighted by Crippen LogP contribution is -2.13. The Morgan fingerprint density at radius 2 is 2.00 bits per heavy atom. The van der Waals surface area contributed by atoms with Crippen LogP contribution in [0.15, 0.2) is 30.6 Å². The van der Waals surface area contributed by atoms with Crippen LogP contribution in [0.4, 0.5) is 11.8 Å². The molecule has 5 nitrogen and oxygen atoms in total. The zero-order chi connectivity index (χ0) is 13.0. The quantitative estimate of drug-likeness (QED) is 0.888. The third-order valence-electron chi connectivity index (χ3n) is 2.49. The van der Waals surface area contributed by atoms with E-state index in [1.165, 1.54) is 0 Å². The molecule has 0 aliphatic carbocycles. The third kappa shape index (κ3) is 3.16. The number of anilines is 2. The summed E-state index contributed by atoms with van der Waals surface area (Å²) in [6.07, 6.45) is 3.62. The van der Waals surface area contributed by atoms with E-state index in [1.807, 2.05) is 44.2 Å². The van der Waals surface area contributed by atoms with Crippen molar-refractivity contribution in [2.45, 2.75) is 13.5 Å². The van der Waals surface area contributed by atoms with Gasteiger partial charge in [-0.05, 0) is 24.6 Å². The van der Waals surface area contributed by atoms with E-state index >= 15 is 0 Å². The standard InChI is InChI=1S/C13H17N5/c1-10-4-5-11(8-15-10)9-16-12-6-7-14-13(17-12)18(2)3/h4-8H,9H2,1-3H3,(H,14,16,17). The molecule has 0 fully saturated rings. The Hall–Kier alpha value is -2.17. The van der Waals surface area contributed by atoms with Gasteiger partial charge in [-0.25, -0.2) is 4.98 Å². The van der Waals surface area contributed by atoms with E-state index in [1.54, 1.807) is 6.20 Å². The highest BCUT2D eigenvalue weighted by Gasteiger charge is 2.01. The van der Waals surface area contributed by atoms with Gasteiger partial charge in [-0.3, -0.25) is 4.98 Å². The van der Waals surface area contributed by atoms with E-state index in [0.29, 0.717) is 12.5 Å². The first-order valence-corrected chi connectivity index (χ1v) is 5.81. The molecule has 0 saturated heterocycles. The largest absolute Gasteiger partial charge is 0.366 e. The van der Waals surface area contributed by atoms with Crippen LogP contribution < -0.4 is 10.2 Å². The molecule has 2 aromatic rings. The van der Waals surface area contributed by atoms with Gasteiger partial charge < -0.3 is 10.2 Å². The van der Waals surface area contributed by atoms with Crippen LogP contribution in [-0.2, 0) is 6.54 Å². The zero-order valence-electron chi connectivity index (χ0n) is 10.9. The molecule has 18 heavy (non-hydrogen) atoms. The molecular weight excluding hydrogens is 226 g/mol. The van der Waals surface area contributed by atoms with Crippen molar-refractivity contribution in [3.05, 3.63) is 41.9 Å². The number of aromatic nitrogens is 3. The van der Waals surface area contributed by atoms with Crippen molar-refractivity contribution in [1.82, 2.24) is 15.0 Å². The predicted octanol–water partition coefficient (Wildman–Crippen LogP) is 1.86. The lowest BCUT2D eigenvalue weighted by molar-refractivity contribution is 0.985. The first-order valence-electron chi connectivity index (χ1n) is 5.81. The monoisotopic (exact) mass is 243 g/mol. The van der Waals surface area contributed by atoms with Gasteiger partial charge >= 0.3 is 0 Å². The first-order chi connectivity index (χ1) is 8.65. The number of nitrogens with one attached hydrogen (secondary N) is 1. The second-order valence-corrected chi connectivity index (χ2v) is 4.30. The van der Waals surface area contributed by atoms with Gasteiger partial charge in [0.25, 0.3) is 0 Å². The van der Waals surface area contributed by atoms with Gasteiger partial charge in [0.15, 0.2) is 0 Å². The van der Waals surface area contributed by atoms with Crippen LogP contribution in [0.5, 0.6) is 0 Å². The van der Waals surface area contributed by atoms with Crippen LogP contribution in [-0.4, -0.2) is 29.0 Å². The molecular formula is C13H17N5. The Balaban J connectivity index is 2.01. The minimum atomic E-state index is 0.696. The van der Waals surface area contributed by atoms with E-state index in [0.717, 1.165) is 17.1 Å². The predicted molar refractivity (Wildman–Crippen MR) is 72.7 cm³/mol. The van der Waals surface area contributed by atoms with Crippen molar-refractivity contribution in [2.75, 3.05) is 24.3 Å². The highest BCUT2D eigenvalue weighted by molar-refractivity contribution is 5.40. The SMILES string of the molecule is Cc1ccc(CNc2ccnc(N(C)C)n2)cn1. The van der Waals surface area contributed by atoms with Crippen LogP contribution in [0.2, 0.25) is 0 Å². The number of hydrogen-bond donors (Lipinski definition) is 1. The Bertz CT molecular complexity index is 507. The molecule has 0 aliphatic heterocycles. The van der Waals surface area contributed by atoms with Gasteiger partial charge in [-0.1, -0.05) is 6.07 Å². The molecule has 2 heterocycles. The van der Waals surface area contributed by atoms with E-state index in [4.69, 9.17) is 0 Å². The Morgan fingerprint density at radius 1 is 1.17 bits per heavy atom.